The van der Waals surface area contributed by atoms with Crippen LogP contribution in [0, 0.1) is 0 Å². The summed E-state index contributed by atoms with van der Waals surface area (Å²) in [6.07, 6.45) is 0.930. The molecule has 0 spiro atoms. The van der Waals surface area contributed by atoms with Gasteiger partial charge in [-0.2, -0.15) is 0 Å². The molecule has 2 aromatic rings. The van der Waals surface area contributed by atoms with Gasteiger partial charge in [0.05, 0.1) is 26.9 Å². The van der Waals surface area contributed by atoms with Gasteiger partial charge in [0, 0.05) is 0 Å². The molecular formula is C23H31O7P. The van der Waals surface area contributed by atoms with Crippen molar-refractivity contribution >= 4 is 13.6 Å². The zero-order chi connectivity index (χ0) is 22.5. The van der Waals surface area contributed by atoms with Gasteiger partial charge in [-0.1, -0.05) is 36.4 Å². The Balaban J connectivity index is 1.80. The number of rotatable bonds is 14. The van der Waals surface area contributed by atoms with Crippen molar-refractivity contribution in [3.63, 3.8) is 0 Å². The van der Waals surface area contributed by atoms with Crippen molar-refractivity contribution < 1.29 is 32.6 Å². The van der Waals surface area contributed by atoms with Crippen molar-refractivity contribution in [1.82, 2.24) is 0 Å². The lowest BCUT2D eigenvalue weighted by atomic mass is 10.1. The first-order chi connectivity index (χ1) is 15.0. The highest BCUT2D eigenvalue weighted by Crippen LogP contribution is 2.47. The molecular weight excluding hydrogens is 419 g/mol. The lowest BCUT2D eigenvalue weighted by molar-refractivity contribution is -0.140. The summed E-state index contributed by atoms with van der Waals surface area (Å²) in [5.41, 5.74) is 2.11. The van der Waals surface area contributed by atoms with E-state index >= 15 is 0 Å². The minimum atomic E-state index is -3.43. The second kappa shape index (κ2) is 13.2. The predicted molar refractivity (Wildman–Crippen MR) is 119 cm³/mol. The van der Waals surface area contributed by atoms with Gasteiger partial charge in [0.2, 0.25) is 0 Å². The van der Waals surface area contributed by atoms with E-state index in [1.807, 2.05) is 48.5 Å². The van der Waals surface area contributed by atoms with E-state index in [0.29, 0.717) is 30.9 Å². The number of benzene rings is 2. The molecule has 0 unspecified atom stereocenters. The fourth-order valence-electron chi connectivity index (χ4n) is 2.91. The Kier molecular flexibility index (Phi) is 10.6. The van der Waals surface area contributed by atoms with Gasteiger partial charge >= 0.3 is 13.6 Å². The molecule has 0 aliphatic carbocycles. The monoisotopic (exact) mass is 450 g/mol. The van der Waals surface area contributed by atoms with Gasteiger partial charge < -0.3 is 23.3 Å². The van der Waals surface area contributed by atoms with E-state index in [1.54, 1.807) is 21.0 Å². The van der Waals surface area contributed by atoms with Crippen LogP contribution in [0.1, 0.15) is 31.4 Å². The highest BCUT2D eigenvalue weighted by Gasteiger charge is 2.28. The maximum atomic E-state index is 12.4. The van der Waals surface area contributed by atoms with Crippen LogP contribution in [0.15, 0.2) is 48.5 Å². The number of hydrogen-bond donors (Lipinski definition) is 0. The van der Waals surface area contributed by atoms with E-state index in [0.717, 1.165) is 11.1 Å². The molecule has 8 heteroatoms. The Morgan fingerprint density at radius 2 is 1.65 bits per heavy atom. The highest BCUT2D eigenvalue weighted by atomic mass is 31.2. The van der Waals surface area contributed by atoms with Crippen LogP contribution in [0.4, 0.5) is 0 Å². The number of carbonyl (C=O) groups is 1. The summed E-state index contributed by atoms with van der Waals surface area (Å²) in [4.78, 5) is 12.0. The van der Waals surface area contributed by atoms with Gasteiger partial charge in [-0.3, -0.25) is 9.36 Å². The van der Waals surface area contributed by atoms with Crippen LogP contribution in [0.3, 0.4) is 0 Å². The highest BCUT2D eigenvalue weighted by molar-refractivity contribution is 7.54. The van der Waals surface area contributed by atoms with Crippen molar-refractivity contribution in [2.45, 2.75) is 33.3 Å². The first-order valence-corrected chi connectivity index (χ1v) is 12.1. The van der Waals surface area contributed by atoms with E-state index in [4.69, 9.17) is 23.3 Å². The topological polar surface area (TPSA) is 80.3 Å². The smallest absolute Gasteiger partial charge is 0.341 e. The number of carbonyl (C=O) groups excluding carboxylic acids is 1. The third-order valence-corrected chi connectivity index (χ3v) is 6.26. The van der Waals surface area contributed by atoms with Crippen molar-refractivity contribution in [2.75, 3.05) is 33.1 Å². The molecule has 170 valence electrons. The van der Waals surface area contributed by atoms with Gasteiger partial charge in [-0.15, -0.1) is 0 Å². The maximum absolute atomic E-state index is 12.4. The third-order valence-electron chi connectivity index (χ3n) is 4.31. The van der Waals surface area contributed by atoms with Crippen molar-refractivity contribution in [1.29, 1.82) is 0 Å². The van der Waals surface area contributed by atoms with Crippen LogP contribution >= 0.6 is 7.60 Å². The van der Waals surface area contributed by atoms with Crippen LogP contribution < -0.4 is 9.47 Å². The normalized spacial score (nSPS) is 11.2. The van der Waals surface area contributed by atoms with Crippen LogP contribution in [-0.4, -0.2) is 39.1 Å². The van der Waals surface area contributed by atoms with E-state index in [-0.39, 0.29) is 26.0 Å². The summed E-state index contributed by atoms with van der Waals surface area (Å²) in [5, 5.41) is 0. The fourth-order valence-corrected chi connectivity index (χ4v) is 4.36. The summed E-state index contributed by atoms with van der Waals surface area (Å²) in [6.45, 7) is 4.48. The minimum Gasteiger partial charge on any atom is -0.493 e. The Hall–Kier alpha value is -2.34. The minimum absolute atomic E-state index is 0.206. The molecule has 0 atom stereocenters. The van der Waals surface area contributed by atoms with Crippen LogP contribution in [0.2, 0.25) is 0 Å². The average Bonchev–Trinajstić information content (AvgIpc) is 2.76. The molecule has 2 aromatic carbocycles. The maximum Gasteiger partial charge on any atom is 0.341 e. The molecule has 7 nitrogen and oxygen atoms in total. The van der Waals surface area contributed by atoms with Gasteiger partial charge in [0.15, 0.2) is 11.5 Å². The van der Waals surface area contributed by atoms with Crippen LogP contribution in [0.5, 0.6) is 11.5 Å². The zero-order valence-corrected chi connectivity index (χ0v) is 19.3. The molecule has 0 N–H and O–H groups in total. The third kappa shape index (κ3) is 8.74. The predicted octanol–water partition coefficient (Wildman–Crippen LogP) is 5.02. The Labute approximate surface area is 184 Å². The number of hydrogen-bond acceptors (Lipinski definition) is 7. The van der Waals surface area contributed by atoms with E-state index in [1.165, 1.54) is 0 Å². The molecule has 0 amide bonds. The molecule has 0 aromatic heterocycles. The van der Waals surface area contributed by atoms with Gasteiger partial charge in [-0.05, 0) is 49.9 Å². The summed E-state index contributed by atoms with van der Waals surface area (Å²) in [7, 11) is -1.83. The molecule has 0 aliphatic rings. The summed E-state index contributed by atoms with van der Waals surface area (Å²) >= 11 is 0. The van der Waals surface area contributed by atoms with Gasteiger partial charge in [-0.25, -0.2) is 0 Å². The second-order valence-electron chi connectivity index (χ2n) is 6.69. The molecule has 0 saturated heterocycles. The molecule has 0 heterocycles. The summed E-state index contributed by atoms with van der Waals surface area (Å²) in [6, 6.07) is 15.7. The molecule has 0 fully saturated rings. The Morgan fingerprint density at radius 3 is 2.29 bits per heavy atom. The fraction of sp³-hybridized carbons (Fsp3) is 0.435. The second-order valence-corrected chi connectivity index (χ2v) is 8.74. The van der Waals surface area contributed by atoms with Crippen molar-refractivity contribution in [3.05, 3.63) is 59.7 Å². The van der Waals surface area contributed by atoms with Crippen LogP contribution in [0.25, 0.3) is 0 Å². The standard InChI is InChI=1S/C23H31O7P/c1-4-29-31(25,30-5-2)18-23(24)27-15-9-12-19-13-14-21(22(16-19)26-3)28-17-20-10-7-6-8-11-20/h6-8,10-11,13-14,16H,4-5,9,12,15,17-18H2,1-3H3. The van der Waals surface area contributed by atoms with Crippen LogP contribution in [-0.2, 0) is 36.2 Å². The number of esters is 1. The molecule has 0 bridgehead atoms. The molecule has 31 heavy (non-hydrogen) atoms. The first kappa shape index (κ1) is 24.9. The van der Waals surface area contributed by atoms with E-state index in [2.05, 4.69) is 0 Å². The number of aryl methyl sites for hydroxylation is 1. The molecule has 2 rings (SSSR count). The summed E-state index contributed by atoms with van der Waals surface area (Å²) < 4.78 is 39.1. The summed E-state index contributed by atoms with van der Waals surface area (Å²) in [5.74, 6) is 0.733. The largest absolute Gasteiger partial charge is 0.493 e. The molecule has 0 saturated carbocycles. The lowest BCUT2D eigenvalue weighted by Gasteiger charge is -2.16. The molecule has 0 aliphatic heterocycles. The van der Waals surface area contributed by atoms with Crippen molar-refractivity contribution in [3.8, 4) is 11.5 Å². The van der Waals surface area contributed by atoms with Gasteiger partial charge in [0.25, 0.3) is 0 Å². The Morgan fingerprint density at radius 1 is 0.935 bits per heavy atom. The molecule has 0 radical (unpaired) electrons. The first-order valence-electron chi connectivity index (χ1n) is 10.4. The lowest BCUT2D eigenvalue weighted by Crippen LogP contribution is -2.14. The number of ether oxygens (including phenoxy) is 3. The zero-order valence-electron chi connectivity index (χ0n) is 18.4. The van der Waals surface area contributed by atoms with E-state index in [9.17, 15) is 9.36 Å². The van der Waals surface area contributed by atoms with E-state index < -0.39 is 13.6 Å². The Bertz CT molecular complexity index is 844. The average molecular weight is 450 g/mol. The SMILES string of the molecule is CCOP(=O)(CC(=O)OCCCc1ccc(OCc2ccccc2)c(OC)c1)OCC. The number of methoxy groups -OCH3 is 1. The quantitative estimate of drug-likeness (QED) is 0.227. The van der Waals surface area contributed by atoms with Gasteiger partial charge in [0.1, 0.15) is 12.8 Å². The van der Waals surface area contributed by atoms with Crippen molar-refractivity contribution in [2.24, 2.45) is 0 Å².